The van der Waals surface area contributed by atoms with Gasteiger partial charge < -0.3 is 25.8 Å². The first-order chi connectivity index (χ1) is 10.7. The van der Waals surface area contributed by atoms with Crippen molar-refractivity contribution in [1.29, 1.82) is 0 Å². The molecule has 0 amide bonds. The molecule has 2 unspecified atom stereocenters. The lowest BCUT2D eigenvalue weighted by molar-refractivity contribution is -0.244. The van der Waals surface area contributed by atoms with Crippen LogP contribution >= 0.6 is 0 Å². The van der Waals surface area contributed by atoms with E-state index in [0.29, 0.717) is 0 Å². The summed E-state index contributed by atoms with van der Waals surface area (Å²) in [6.07, 6.45) is 8.03. The molecule has 0 aromatic rings. The highest BCUT2D eigenvalue weighted by Gasteiger charge is 2.89. The van der Waals surface area contributed by atoms with Crippen LogP contribution in [0.15, 0.2) is 0 Å². The standard InChI is InChI=1S/C18H35NO4/c1-4-5-6-7-8-9-10-11-14(19)13-12-23-15(20)18(22)16(2,3)17(13,18)21/h13-15,20-22H,4-12,19H2,1-3H3/t13-,14?,15?,17+,18+/m1/s1. The second-order valence-corrected chi connectivity index (χ2v) is 8.02. The van der Waals surface area contributed by atoms with Crippen molar-refractivity contribution in [3.05, 3.63) is 0 Å². The molecule has 2 rings (SSSR count). The van der Waals surface area contributed by atoms with E-state index in [9.17, 15) is 15.3 Å². The fourth-order valence-electron chi connectivity index (χ4n) is 4.55. The average Bonchev–Trinajstić information content (AvgIpc) is 2.88. The van der Waals surface area contributed by atoms with Crippen molar-refractivity contribution >= 4 is 0 Å². The molecule has 5 atom stereocenters. The topological polar surface area (TPSA) is 95.9 Å². The minimum Gasteiger partial charge on any atom is -0.386 e. The fraction of sp³-hybridized carbons (Fsp3) is 1.00. The fourth-order valence-corrected chi connectivity index (χ4v) is 4.55. The van der Waals surface area contributed by atoms with Gasteiger partial charge >= 0.3 is 0 Å². The lowest BCUT2D eigenvalue weighted by atomic mass is 9.84. The third kappa shape index (κ3) is 2.85. The van der Waals surface area contributed by atoms with Crippen LogP contribution in [0.4, 0.5) is 0 Å². The lowest BCUT2D eigenvalue weighted by Gasteiger charge is -2.37. The first kappa shape index (κ1) is 19.1. The summed E-state index contributed by atoms with van der Waals surface area (Å²) in [7, 11) is 0. The van der Waals surface area contributed by atoms with Crippen molar-refractivity contribution in [2.24, 2.45) is 17.1 Å². The Morgan fingerprint density at radius 1 is 1.04 bits per heavy atom. The molecule has 23 heavy (non-hydrogen) atoms. The number of aliphatic hydroxyl groups is 3. The number of aliphatic hydroxyl groups excluding tert-OH is 1. The van der Waals surface area contributed by atoms with Gasteiger partial charge in [0.25, 0.3) is 0 Å². The van der Waals surface area contributed by atoms with Gasteiger partial charge in [-0.3, -0.25) is 0 Å². The normalized spacial score (nSPS) is 39.8. The minimum absolute atomic E-state index is 0.196. The van der Waals surface area contributed by atoms with E-state index in [2.05, 4.69) is 6.92 Å². The van der Waals surface area contributed by atoms with E-state index < -0.39 is 22.9 Å². The summed E-state index contributed by atoms with van der Waals surface area (Å²) in [5.41, 5.74) is 2.53. The Balaban J connectivity index is 1.80. The maximum Gasteiger partial charge on any atom is 0.187 e. The van der Waals surface area contributed by atoms with Crippen molar-refractivity contribution in [2.45, 2.75) is 95.7 Å². The first-order valence-electron chi connectivity index (χ1n) is 9.25. The zero-order valence-electron chi connectivity index (χ0n) is 14.9. The zero-order valence-corrected chi connectivity index (χ0v) is 14.9. The van der Waals surface area contributed by atoms with Gasteiger partial charge in [-0.2, -0.15) is 0 Å². The maximum atomic E-state index is 11.0. The van der Waals surface area contributed by atoms with E-state index in [1.807, 2.05) is 0 Å². The number of hydrogen-bond acceptors (Lipinski definition) is 5. The van der Waals surface area contributed by atoms with Crippen molar-refractivity contribution < 1.29 is 20.1 Å². The Labute approximate surface area is 140 Å². The smallest absolute Gasteiger partial charge is 0.187 e. The van der Waals surface area contributed by atoms with Gasteiger partial charge in [0.05, 0.1) is 6.61 Å². The molecule has 1 heterocycles. The molecule has 1 saturated carbocycles. The van der Waals surface area contributed by atoms with E-state index in [4.69, 9.17) is 10.5 Å². The van der Waals surface area contributed by atoms with Crippen molar-refractivity contribution in [2.75, 3.05) is 6.61 Å². The molecule has 2 fully saturated rings. The Morgan fingerprint density at radius 2 is 1.61 bits per heavy atom. The molecule has 0 spiro atoms. The number of fused-ring (bicyclic) bond motifs is 1. The summed E-state index contributed by atoms with van der Waals surface area (Å²) in [6, 6.07) is -0.226. The third-order valence-electron chi connectivity index (χ3n) is 6.41. The molecule has 0 aromatic carbocycles. The van der Waals surface area contributed by atoms with Gasteiger partial charge in [-0.25, -0.2) is 0 Å². The number of nitrogens with two attached hydrogens (primary N) is 1. The van der Waals surface area contributed by atoms with Crippen LogP contribution in [0.25, 0.3) is 0 Å². The molecule has 5 N–H and O–H groups in total. The molecular weight excluding hydrogens is 294 g/mol. The average molecular weight is 329 g/mol. The summed E-state index contributed by atoms with van der Waals surface area (Å²) in [5, 5.41) is 31.5. The van der Waals surface area contributed by atoms with Crippen LogP contribution in [-0.4, -0.2) is 45.5 Å². The van der Waals surface area contributed by atoms with Gasteiger partial charge in [0, 0.05) is 17.4 Å². The summed E-state index contributed by atoms with van der Waals surface area (Å²) < 4.78 is 5.31. The number of ether oxygens (including phenoxy) is 1. The number of rotatable bonds is 9. The van der Waals surface area contributed by atoms with Gasteiger partial charge in [0.2, 0.25) is 0 Å². The molecule has 2 aliphatic rings. The van der Waals surface area contributed by atoms with Crippen molar-refractivity contribution in [3.8, 4) is 0 Å². The van der Waals surface area contributed by atoms with Gasteiger partial charge in [-0.15, -0.1) is 0 Å². The summed E-state index contributed by atoms with van der Waals surface area (Å²) in [6.45, 7) is 5.94. The molecule has 1 aliphatic heterocycles. The SMILES string of the molecule is CCCCCCCCCC(N)[C@H]1COC(O)[C@]2(O)C(C)(C)[C@@]12O. The predicted molar refractivity (Wildman–Crippen MR) is 89.7 cm³/mol. The molecule has 0 radical (unpaired) electrons. The van der Waals surface area contributed by atoms with Crippen LogP contribution < -0.4 is 5.73 Å². The highest BCUT2D eigenvalue weighted by Crippen LogP contribution is 2.71. The quantitative estimate of drug-likeness (QED) is 0.485. The van der Waals surface area contributed by atoms with Crippen LogP contribution in [-0.2, 0) is 4.74 Å². The van der Waals surface area contributed by atoms with Gasteiger partial charge in [-0.05, 0) is 6.42 Å². The summed E-state index contributed by atoms with van der Waals surface area (Å²) in [4.78, 5) is 0. The minimum atomic E-state index is -1.61. The molecule has 5 heteroatoms. The van der Waals surface area contributed by atoms with Crippen LogP contribution in [0.1, 0.15) is 72.1 Å². The van der Waals surface area contributed by atoms with E-state index in [1.54, 1.807) is 13.8 Å². The maximum absolute atomic E-state index is 11.0. The molecule has 136 valence electrons. The van der Waals surface area contributed by atoms with Crippen LogP contribution in [0.2, 0.25) is 0 Å². The molecule has 1 saturated heterocycles. The highest BCUT2D eigenvalue weighted by molar-refractivity contribution is 5.37. The molecule has 0 aromatic heterocycles. The Morgan fingerprint density at radius 3 is 2.22 bits per heavy atom. The molecule has 1 aliphatic carbocycles. The largest absolute Gasteiger partial charge is 0.386 e. The monoisotopic (exact) mass is 329 g/mol. The van der Waals surface area contributed by atoms with Gasteiger partial charge in [0.1, 0.15) is 5.60 Å². The zero-order chi connectivity index (χ0) is 17.3. The Hall–Kier alpha value is -0.200. The van der Waals surface area contributed by atoms with Crippen LogP contribution in [0, 0.1) is 11.3 Å². The van der Waals surface area contributed by atoms with Crippen molar-refractivity contribution in [1.82, 2.24) is 0 Å². The second kappa shape index (κ2) is 6.96. The van der Waals surface area contributed by atoms with E-state index in [0.717, 1.165) is 19.3 Å². The van der Waals surface area contributed by atoms with Gasteiger partial charge in [-0.1, -0.05) is 65.7 Å². The Bertz CT molecular complexity index is 402. The first-order valence-corrected chi connectivity index (χ1v) is 9.25. The van der Waals surface area contributed by atoms with Crippen LogP contribution in [0.5, 0.6) is 0 Å². The van der Waals surface area contributed by atoms with Gasteiger partial charge in [0.15, 0.2) is 11.9 Å². The number of hydrogen-bond donors (Lipinski definition) is 4. The third-order valence-corrected chi connectivity index (χ3v) is 6.41. The summed E-state index contributed by atoms with van der Waals surface area (Å²) >= 11 is 0. The molecule has 5 nitrogen and oxygen atoms in total. The molecular formula is C18H35NO4. The second-order valence-electron chi connectivity index (χ2n) is 8.02. The highest BCUT2D eigenvalue weighted by atomic mass is 16.6. The van der Waals surface area contributed by atoms with Crippen LogP contribution in [0.3, 0.4) is 0 Å². The number of unbranched alkanes of at least 4 members (excludes halogenated alkanes) is 6. The predicted octanol–water partition coefficient (Wildman–Crippen LogP) is 1.92. The van der Waals surface area contributed by atoms with E-state index in [-0.39, 0.29) is 18.6 Å². The molecule has 0 bridgehead atoms. The summed E-state index contributed by atoms with van der Waals surface area (Å²) in [5.74, 6) is -0.342. The lowest BCUT2D eigenvalue weighted by Crippen LogP contribution is -2.55. The van der Waals surface area contributed by atoms with E-state index >= 15 is 0 Å². The van der Waals surface area contributed by atoms with E-state index in [1.165, 1.54) is 32.1 Å². The Kier molecular flexibility index (Phi) is 5.79. The van der Waals surface area contributed by atoms with Crippen molar-refractivity contribution in [3.63, 3.8) is 0 Å².